The second-order valence-electron chi connectivity index (χ2n) is 11.0. The van der Waals surface area contributed by atoms with Gasteiger partial charge in [0.25, 0.3) is 0 Å². The summed E-state index contributed by atoms with van der Waals surface area (Å²) < 4.78 is 12.4. The van der Waals surface area contributed by atoms with Crippen molar-refractivity contribution < 1.29 is 19.1 Å². The van der Waals surface area contributed by atoms with Crippen molar-refractivity contribution in [3.8, 4) is 16.9 Å². The van der Waals surface area contributed by atoms with Crippen molar-refractivity contribution in [2.75, 3.05) is 25.5 Å². The number of fused-ring (bicyclic) bond motifs is 1. The van der Waals surface area contributed by atoms with Crippen LogP contribution in [-0.2, 0) is 9.47 Å². The molecule has 1 aliphatic heterocycles. The molecule has 1 saturated heterocycles. The molecular weight excluding hydrogens is 494 g/mol. The molecule has 9 nitrogen and oxygen atoms in total. The fourth-order valence-corrected chi connectivity index (χ4v) is 4.72. The summed E-state index contributed by atoms with van der Waals surface area (Å²) in [6.45, 7) is 10.6. The lowest BCUT2D eigenvalue weighted by molar-refractivity contribution is 0.0104. The van der Waals surface area contributed by atoms with E-state index in [0.717, 1.165) is 33.6 Å². The van der Waals surface area contributed by atoms with E-state index in [1.165, 1.54) is 7.11 Å². The third kappa shape index (κ3) is 5.57. The summed E-state index contributed by atoms with van der Waals surface area (Å²) in [4.78, 5) is 36.1. The molecule has 0 atom stereocenters. The van der Waals surface area contributed by atoms with Crippen LogP contribution < -0.4 is 5.32 Å². The van der Waals surface area contributed by atoms with Crippen LogP contribution in [0.4, 0.5) is 10.5 Å². The second kappa shape index (κ2) is 10.1. The van der Waals surface area contributed by atoms with Gasteiger partial charge in [-0.15, -0.1) is 0 Å². The number of carbonyl (C=O) groups is 2. The van der Waals surface area contributed by atoms with Crippen LogP contribution in [0.1, 0.15) is 42.3 Å². The maximum absolute atomic E-state index is 12.5. The summed E-state index contributed by atoms with van der Waals surface area (Å²) in [5, 5.41) is 3.41. The number of aryl methyl sites for hydroxylation is 2. The van der Waals surface area contributed by atoms with Gasteiger partial charge in [0.15, 0.2) is 5.65 Å². The molecule has 4 aromatic rings. The van der Waals surface area contributed by atoms with Gasteiger partial charge in [-0.2, -0.15) is 0 Å². The standard InChI is InChI=1S/C30H33N5O4/c1-18-11-19(2)13-20(12-18)26-15-31-24-9-10-35(27(24)33-26)22-7-8-23(28(36)38-6)25(14-22)32-21-16-34(17-21)29(37)39-30(3,4)5/h7-15,21,32H,16-17H2,1-6H3. The van der Waals surface area contributed by atoms with E-state index in [1.807, 2.05) is 49.7 Å². The highest BCUT2D eigenvalue weighted by Gasteiger charge is 2.34. The van der Waals surface area contributed by atoms with Gasteiger partial charge in [-0.1, -0.05) is 17.2 Å². The van der Waals surface area contributed by atoms with Gasteiger partial charge >= 0.3 is 12.1 Å². The van der Waals surface area contributed by atoms with Gasteiger partial charge in [0.1, 0.15) is 11.1 Å². The molecule has 0 spiro atoms. The zero-order valence-electron chi connectivity index (χ0n) is 23.1. The number of ether oxygens (including phenoxy) is 2. The Labute approximate surface area is 227 Å². The molecule has 2 aromatic carbocycles. The van der Waals surface area contributed by atoms with Crippen LogP contribution in [0.15, 0.2) is 54.9 Å². The zero-order chi connectivity index (χ0) is 27.9. The number of benzene rings is 2. The number of esters is 1. The molecule has 1 N–H and O–H groups in total. The predicted molar refractivity (Wildman–Crippen MR) is 150 cm³/mol. The van der Waals surface area contributed by atoms with Crippen molar-refractivity contribution in [1.29, 1.82) is 0 Å². The summed E-state index contributed by atoms with van der Waals surface area (Å²) in [6, 6.07) is 13.7. The first kappa shape index (κ1) is 26.2. The van der Waals surface area contributed by atoms with Gasteiger partial charge < -0.3 is 19.7 Å². The Bertz CT molecular complexity index is 1540. The molecule has 3 heterocycles. The molecule has 0 radical (unpaired) electrons. The van der Waals surface area contributed by atoms with Gasteiger partial charge in [-0.25, -0.2) is 14.6 Å². The summed E-state index contributed by atoms with van der Waals surface area (Å²) in [5.41, 5.74) is 6.90. The Balaban J connectivity index is 1.44. The third-order valence-corrected chi connectivity index (χ3v) is 6.49. The van der Waals surface area contributed by atoms with Crippen molar-refractivity contribution in [2.24, 2.45) is 0 Å². The average molecular weight is 528 g/mol. The van der Waals surface area contributed by atoms with Crippen molar-refractivity contribution in [3.63, 3.8) is 0 Å². The molecule has 0 saturated carbocycles. The Hall–Kier alpha value is -4.40. The van der Waals surface area contributed by atoms with E-state index in [0.29, 0.717) is 30.0 Å². The lowest BCUT2D eigenvalue weighted by atomic mass is 10.1. The number of aromatic nitrogens is 3. The molecule has 0 bridgehead atoms. The van der Waals surface area contributed by atoms with Gasteiger partial charge in [0.2, 0.25) is 0 Å². The number of methoxy groups -OCH3 is 1. The van der Waals surface area contributed by atoms with E-state index in [2.05, 4.69) is 42.3 Å². The molecule has 0 unspecified atom stereocenters. The number of anilines is 1. The first-order valence-electron chi connectivity index (χ1n) is 12.9. The Kier molecular flexibility index (Phi) is 6.76. The Morgan fingerprint density at radius 2 is 1.74 bits per heavy atom. The van der Waals surface area contributed by atoms with Gasteiger partial charge in [0, 0.05) is 30.5 Å². The van der Waals surface area contributed by atoms with Crippen LogP contribution >= 0.6 is 0 Å². The van der Waals surface area contributed by atoms with Crippen LogP contribution in [0.25, 0.3) is 28.1 Å². The number of nitrogens with zero attached hydrogens (tertiary/aromatic N) is 4. The predicted octanol–water partition coefficient (Wildman–Crippen LogP) is 5.52. The topological polar surface area (TPSA) is 98.6 Å². The van der Waals surface area contributed by atoms with Gasteiger partial charge in [0.05, 0.1) is 36.3 Å². The van der Waals surface area contributed by atoms with Crippen LogP contribution in [0.3, 0.4) is 0 Å². The van der Waals surface area contributed by atoms with E-state index in [1.54, 1.807) is 17.2 Å². The lowest BCUT2D eigenvalue weighted by Gasteiger charge is -2.40. The summed E-state index contributed by atoms with van der Waals surface area (Å²) in [7, 11) is 1.36. The van der Waals surface area contributed by atoms with E-state index >= 15 is 0 Å². The number of hydrogen-bond acceptors (Lipinski definition) is 7. The Morgan fingerprint density at radius 1 is 1.03 bits per heavy atom. The average Bonchev–Trinajstić information content (AvgIpc) is 3.27. The highest BCUT2D eigenvalue weighted by atomic mass is 16.6. The number of nitrogens with one attached hydrogen (secondary N) is 1. The smallest absolute Gasteiger partial charge is 0.410 e. The number of carbonyl (C=O) groups excluding carboxylic acids is 2. The molecule has 1 amide bonds. The molecule has 1 aliphatic rings. The monoisotopic (exact) mass is 527 g/mol. The van der Waals surface area contributed by atoms with Crippen LogP contribution in [0.2, 0.25) is 0 Å². The van der Waals surface area contributed by atoms with E-state index in [4.69, 9.17) is 14.5 Å². The highest BCUT2D eigenvalue weighted by molar-refractivity contribution is 5.96. The van der Waals surface area contributed by atoms with E-state index in [9.17, 15) is 9.59 Å². The molecule has 39 heavy (non-hydrogen) atoms. The number of rotatable bonds is 5. The number of likely N-dealkylation sites (tertiary alicyclic amines) is 1. The maximum atomic E-state index is 12.5. The molecule has 5 rings (SSSR count). The Morgan fingerprint density at radius 3 is 2.41 bits per heavy atom. The highest BCUT2D eigenvalue weighted by Crippen LogP contribution is 2.28. The SMILES string of the molecule is COC(=O)c1ccc(-n2ccc3ncc(-c4cc(C)cc(C)c4)nc32)cc1NC1CN(C(=O)OC(C)(C)C)C1. The van der Waals surface area contributed by atoms with Gasteiger partial charge in [-0.3, -0.25) is 9.55 Å². The number of hydrogen-bond donors (Lipinski definition) is 1. The van der Waals surface area contributed by atoms with E-state index < -0.39 is 11.6 Å². The molecule has 2 aromatic heterocycles. The van der Waals surface area contributed by atoms with Crippen LogP contribution in [0.5, 0.6) is 0 Å². The zero-order valence-corrected chi connectivity index (χ0v) is 23.1. The molecule has 1 fully saturated rings. The van der Waals surface area contributed by atoms with E-state index in [-0.39, 0.29) is 12.1 Å². The first-order valence-corrected chi connectivity index (χ1v) is 12.9. The second-order valence-corrected chi connectivity index (χ2v) is 11.0. The minimum absolute atomic E-state index is 0.0338. The van der Waals surface area contributed by atoms with Crippen molar-refractivity contribution in [3.05, 3.63) is 71.5 Å². The summed E-state index contributed by atoms with van der Waals surface area (Å²) in [6.07, 6.45) is 3.36. The molecule has 202 valence electrons. The van der Waals surface area contributed by atoms with Crippen molar-refractivity contribution in [2.45, 2.75) is 46.3 Å². The fraction of sp³-hybridized carbons (Fsp3) is 0.333. The van der Waals surface area contributed by atoms with Crippen molar-refractivity contribution in [1.82, 2.24) is 19.4 Å². The fourth-order valence-electron chi connectivity index (χ4n) is 4.72. The quantitative estimate of drug-likeness (QED) is 0.341. The van der Waals surface area contributed by atoms with Crippen molar-refractivity contribution >= 4 is 28.9 Å². The normalized spacial score (nSPS) is 13.7. The largest absolute Gasteiger partial charge is 0.465 e. The van der Waals surface area contributed by atoms with Crippen LogP contribution in [0, 0.1) is 13.8 Å². The minimum atomic E-state index is -0.553. The maximum Gasteiger partial charge on any atom is 0.410 e. The molecule has 9 heteroatoms. The molecule has 0 aliphatic carbocycles. The molecular formula is C30H33N5O4. The first-order chi connectivity index (χ1) is 18.5. The number of amides is 1. The minimum Gasteiger partial charge on any atom is -0.465 e. The van der Waals surface area contributed by atoms with Crippen LogP contribution in [-0.4, -0.2) is 63.3 Å². The van der Waals surface area contributed by atoms with Gasteiger partial charge in [-0.05, 0) is 71.0 Å². The summed E-state index contributed by atoms with van der Waals surface area (Å²) in [5.74, 6) is -0.443. The summed E-state index contributed by atoms with van der Waals surface area (Å²) >= 11 is 0. The third-order valence-electron chi connectivity index (χ3n) is 6.49. The lowest BCUT2D eigenvalue weighted by Crippen LogP contribution is -2.58.